The van der Waals surface area contributed by atoms with Crippen molar-refractivity contribution in [2.45, 2.75) is 6.42 Å². The third kappa shape index (κ3) is 3.76. The van der Waals surface area contributed by atoms with Crippen LogP contribution in [0.25, 0.3) is 11.4 Å². The summed E-state index contributed by atoms with van der Waals surface area (Å²) in [6.07, 6.45) is 0.0534. The Bertz CT molecular complexity index is 1360. The lowest BCUT2D eigenvalue weighted by Gasteiger charge is -2.17. The van der Waals surface area contributed by atoms with Gasteiger partial charge in [0.2, 0.25) is 5.88 Å². The normalized spacial score (nSPS) is 10.7. The molecule has 0 amide bonds. The summed E-state index contributed by atoms with van der Waals surface area (Å²) in [5.41, 5.74) is 0.344. The molecule has 0 unspecified atom stereocenters. The van der Waals surface area contributed by atoms with Crippen LogP contribution in [0.4, 0.5) is 0 Å². The van der Waals surface area contributed by atoms with E-state index in [1.807, 2.05) is 6.07 Å². The van der Waals surface area contributed by atoms with E-state index in [1.54, 1.807) is 79.9 Å². The van der Waals surface area contributed by atoms with Gasteiger partial charge in [0.05, 0.1) is 31.2 Å². The molecule has 3 aromatic carbocycles. The molecule has 0 aliphatic heterocycles. The first-order valence-corrected chi connectivity index (χ1v) is 9.96. The molecule has 0 aliphatic rings. The van der Waals surface area contributed by atoms with Crippen LogP contribution in [0.15, 0.2) is 88.5 Å². The summed E-state index contributed by atoms with van der Waals surface area (Å²) in [4.78, 5) is 26.8. The van der Waals surface area contributed by atoms with Gasteiger partial charge in [-0.25, -0.2) is 13.9 Å². The van der Waals surface area contributed by atoms with Crippen molar-refractivity contribution in [3.8, 4) is 28.8 Å². The molecule has 0 saturated carbocycles. The largest absolute Gasteiger partial charge is 0.497 e. The fourth-order valence-electron chi connectivity index (χ4n) is 3.60. The van der Waals surface area contributed by atoms with Crippen LogP contribution in [-0.4, -0.2) is 28.5 Å². The predicted molar refractivity (Wildman–Crippen MR) is 122 cm³/mol. The Balaban J connectivity index is 1.99. The molecule has 0 aliphatic carbocycles. The second-order valence-corrected chi connectivity index (χ2v) is 7.09. The molecule has 0 saturated heterocycles. The Morgan fingerprint density at radius 2 is 1.38 bits per heavy atom. The molecule has 32 heavy (non-hydrogen) atoms. The summed E-state index contributed by atoms with van der Waals surface area (Å²) in [5.74, 6) is 0.703. The van der Waals surface area contributed by atoms with Crippen molar-refractivity contribution in [2.24, 2.45) is 0 Å². The molecule has 0 radical (unpaired) electrons. The highest BCUT2D eigenvalue weighted by atomic mass is 16.5. The highest BCUT2D eigenvalue weighted by Crippen LogP contribution is 2.28. The van der Waals surface area contributed by atoms with Gasteiger partial charge >= 0.3 is 5.69 Å². The van der Waals surface area contributed by atoms with Crippen LogP contribution in [0.1, 0.15) is 11.1 Å². The van der Waals surface area contributed by atoms with Crippen molar-refractivity contribution in [1.82, 2.24) is 9.13 Å². The van der Waals surface area contributed by atoms with Crippen molar-refractivity contribution in [3.63, 3.8) is 0 Å². The molecule has 1 aromatic heterocycles. The van der Waals surface area contributed by atoms with Crippen molar-refractivity contribution in [2.75, 3.05) is 14.2 Å². The second kappa shape index (κ2) is 8.85. The maximum Gasteiger partial charge on any atom is 0.343 e. The van der Waals surface area contributed by atoms with Gasteiger partial charge in [0, 0.05) is 12.5 Å². The van der Waals surface area contributed by atoms with Crippen LogP contribution < -0.4 is 20.7 Å². The van der Waals surface area contributed by atoms with Gasteiger partial charge in [0.1, 0.15) is 11.5 Å². The van der Waals surface area contributed by atoms with Gasteiger partial charge in [-0.3, -0.25) is 4.79 Å². The van der Waals surface area contributed by atoms with E-state index in [4.69, 9.17) is 9.47 Å². The molecule has 7 nitrogen and oxygen atoms in total. The van der Waals surface area contributed by atoms with E-state index in [2.05, 4.69) is 0 Å². The summed E-state index contributed by atoms with van der Waals surface area (Å²) in [5, 5.41) is 11.1. The van der Waals surface area contributed by atoms with Crippen LogP contribution in [0, 0.1) is 0 Å². The molecule has 0 spiro atoms. The predicted octanol–water partition coefficient (Wildman–Crippen LogP) is 3.30. The van der Waals surface area contributed by atoms with Crippen molar-refractivity contribution in [1.29, 1.82) is 0 Å². The lowest BCUT2D eigenvalue weighted by atomic mass is 10.0. The summed E-state index contributed by atoms with van der Waals surface area (Å²) < 4.78 is 12.9. The summed E-state index contributed by atoms with van der Waals surface area (Å²) in [6, 6.07) is 22.6. The second-order valence-electron chi connectivity index (χ2n) is 7.09. The maximum absolute atomic E-state index is 13.4. The minimum absolute atomic E-state index is 0.0534. The molecule has 4 aromatic rings. The molecular weight excluding hydrogens is 408 g/mol. The number of nitrogens with zero attached hydrogens (tertiary/aromatic N) is 2. The number of ether oxygens (including phenoxy) is 2. The fourth-order valence-corrected chi connectivity index (χ4v) is 3.60. The summed E-state index contributed by atoms with van der Waals surface area (Å²) in [7, 11) is 3.07. The number of hydrogen-bond donors (Lipinski definition) is 1. The molecule has 4 rings (SSSR count). The monoisotopic (exact) mass is 430 g/mol. The molecule has 7 heteroatoms. The van der Waals surface area contributed by atoms with Crippen molar-refractivity contribution < 1.29 is 14.6 Å². The average molecular weight is 430 g/mol. The van der Waals surface area contributed by atoms with Gasteiger partial charge in [-0.05, 0) is 35.9 Å². The van der Waals surface area contributed by atoms with Gasteiger partial charge in [-0.2, -0.15) is 0 Å². The number of benzene rings is 3. The Hall–Kier alpha value is -4.26. The first-order chi connectivity index (χ1) is 15.5. The van der Waals surface area contributed by atoms with Crippen molar-refractivity contribution >= 4 is 0 Å². The van der Waals surface area contributed by atoms with Crippen molar-refractivity contribution in [3.05, 3.63) is 111 Å². The van der Waals surface area contributed by atoms with Crippen LogP contribution in [-0.2, 0) is 6.42 Å². The fraction of sp³-hybridized carbons (Fsp3) is 0.120. The summed E-state index contributed by atoms with van der Waals surface area (Å²) >= 11 is 0. The SMILES string of the molecule is COc1ccc(Cc2c(O)n(-c3ccccc3)c(=O)n(-c3ccccc3)c2=O)c(OC)c1. The van der Waals surface area contributed by atoms with Crippen LogP contribution in [0.3, 0.4) is 0 Å². The van der Waals surface area contributed by atoms with E-state index in [0.717, 1.165) is 9.13 Å². The third-order valence-electron chi connectivity index (χ3n) is 5.22. The van der Waals surface area contributed by atoms with E-state index in [0.29, 0.717) is 28.4 Å². The summed E-state index contributed by atoms with van der Waals surface area (Å²) in [6.45, 7) is 0. The first kappa shape index (κ1) is 21.0. The van der Waals surface area contributed by atoms with Gasteiger partial charge in [-0.15, -0.1) is 0 Å². The van der Waals surface area contributed by atoms with Crippen LogP contribution in [0.5, 0.6) is 17.4 Å². The zero-order chi connectivity index (χ0) is 22.7. The number of hydrogen-bond acceptors (Lipinski definition) is 5. The quantitative estimate of drug-likeness (QED) is 0.508. The van der Waals surface area contributed by atoms with Gasteiger partial charge < -0.3 is 14.6 Å². The lowest BCUT2D eigenvalue weighted by molar-refractivity contribution is 0.390. The van der Waals surface area contributed by atoms with Gasteiger partial charge in [0.15, 0.2) is 0 Å². The Labute approximate surface area is 184 Å². The standard InChI is InChI=1S/C25H22N2O5/c1-31-20-14-13-17(22(16-20)32-2)15-21-23(28)26(18-9-5-3-6-10-18)25(30)27(24(21)29)19-11-7-4-8-12-19/h3-14,16,28H,15H2,1-2H3. The number of para-hydroxylation sites is 2. The highest BCUT2D eigenvalue weighted by Gasteiger charge is 2.22. The molecule has 0 bridgehead atoms. The lowest BCUT2D eigenvalue weighted by Crippen LogP contribution is -2.40. The van der Waals surface area contributed by atoms with E-state index in [9.17, 15) is 14.7 Å². The van der Waals surface area contributed by atoms with E-state index in [1.165, 1.54) is 7.11 Å². The Morgan fingerprint density at radius 1 is 0.781 bits per heavy atom. The molecule has 0 atom stereocenters. The van der Waals surface area contributed by atoms with Crippen LogP contribution >= 0.6 is 0 Å². The minimum atomic E-state index is -0.657. The minimum Gasteiger partial charge on any atom is -0.497 e. The zero-order valence-electron chi connectivity index (χ0n) is 17.7. The highest BCUT2D eigenvalue weighted by molar-refractivity contribution is 5.47. The van der Waals surface area contributed by atoms with E-state index in [-0.39, 0.29) is 12.0 Å². The molecule has 162 valence electrons. The molecule has 0 fully saturated rings. The topological polar surface area (TPSA) is 82.7 Å². The zero-order valence-corrected chi connectivity index (χ0v) is 17.7. The van der Waals surface area contributed by atoms with Gasteiger partial charge in [-0.1, -0.05) is 42.5 Å². The first-order valence-electron chi connectivity index (χ1n) is 9.96. The Morgan fingerprint density at radius 3 is 1.94 bits per heavy atom. The third-order valence-corrected chi connectivity index (χ3v) is 5.22. The van der Waals surface area contributed by atoms with E-state index < -0.39 is 17.1 Å². The number of methoxy groups -OCH3 is 2. The number of aromatic nitrogens is 2. The van der Waals surface area contributed by atoms with Gasteiger partial charge in [0.25, 0.3) is 5.56 Å². The number of aromatic hydroxyl groups is 1. The average Bonchev–Trinajstić information content (AvgIpc) is 2.83. The maximum atomic E-state index is 13.4. The molecular formula is C25H22N2O5. The smallest absolute Gasteiger partial charge is 0.343 e. The van der Waals surface area contributed by atoms with Crippen LogP contribution in [0.2, 0.25) is 0 Å². The molecule has 1 heterocycles. The Kier molecular flexibility index (Phi) is 5.81. The number of rotatable bonds is 6. The molecule has 1 N–H and O–H groups in total. The van der Waals surface area contributed by atoms with E-state index >= 15 is 0 Å².